The molecule has 2 rings (SSSR count). The lowest BCUT2D eigenvalue weighted by molar-refractivity contribution is 0.112. The molecule has 0 saturated carbocycles. The van der Waals surface area contributed by atoms with Gasteiger partial charge in [0.05, 0.1) is 17.8 Å². The maximum absolute atomic E-state index is 10.6. The number of carbonyl (C=O) groups is 1. The number of carbonyl (C=O) groups excluding carboxylic acids is 1. The molecule has 1 heterocycles. The third-order valence-electron chi connectivity index (χ3n) is 2.28. The van der Waals surface area contributed by atoms with E-state index in [9.17, 15) is 4.79 Å². The second-order valence-electron chi connectivity index (χ2n) is 3.47. The number of anilines is 1. The molecule has 0 spiro atoms. The summed E-state index contributed by atoms with van der Waals surface area (Å²) in [6.07, 6.45) is 2.40. The van der Waals surface area contributed by atoms with Crippen LogP contribution in [0.4, 0.5) is 5.69 Å². The number of hydrogen-bond donors (Lipinski definition) is 1. The van der Waals surface area contributed by atoms with Gasteiger partial charge in [0.25, 0.3) is 0 Å². The van der Waals surface area contributed by atoms with E-state index in [0.717, 1.165) is 4.88 Å². The molecule has 0 bridgehead atoms. The fraction of sp³-hybridized carbons (Fsp3) is 0.0833. The Balaban J connectivity index is 2.14. The minimum Gasteiger partial charge on any atom is -0.379 e. The average Bonchev–Trinajstić information content (AvgIpc) is 2.82. The lowest BCUT2D eigenvalue weighted by Crippen LogP contribution is -2.00. The summed E-state index contributed by atoms with van der Waals surface area (Å²) in [5.41, 5.74) is 1.61. The summed E-state index contributed by atoms with van der Waals surface area (Å²) in [6, 6.07) is 6.98. The van der Waals surface area contributed by atoms with Crippen molar-refractivity contribution in [2.75, 3.05) is 5.32 Å². The lowest BCUT2D eigenvalue weighted by atomic mass is 10.1. The monoisotopic (exact) mass is 277 g/mol. The van der Waals surface area contributed by atoms with Crippen molar-refractivity contribution < 1.29 is 4.79 Å². The maximum Gasteiger partial charge on any atom is 0.183 e. The second-order valence-corrected chi connectivity index (χ2v) is 5.17. The van der Waals surface area contributed by atoms with Crippen molar-refractivity contribution in [1.82, 2.24) is 4.98 Å². The van der Waals surface area contributed by atoms with Gasteiger partial charge in [0.2, 0.25) is 0 Å². The number of hydrogen-bond acceptors (Lipinski definition) is 5. The standard InChI is InChI=1S/C12H8ClN3OS/c13-12-16-6-10(18-12)5-15-11-2-1-8(7-17)3-9(11)4-14/h1-3,6-7,15H,5H2. The van der Waals surface area contributed by atoms with Crippen molar-refractivity contribution in [3.63, 3.8) is 0 Å². The van der Waals surface area contributed by atoms with Crippen LogP contribution in [0.5, 0.6) is 0 Å². The smallest absolute Gasteiger partial charge is 0.183 e. The first-order valence-corrected chi connectivity index (χ1v) is 6.26. The molecule has 0 aliphatic rings. The number of aldehydes is 1. The molecule has 4 nitrogen and oxygen atoms in total. The Labute approximate surface area is 113 Å². The van der Waals surface area contributed by atoms with Gasteiger partial charge in [0, 0.05) is 16.6 Å². The highest BCUT2D eigenvalue weighted by Crippen LogP contribution is 2.21. The molecule has 0 fully saturated rings. The third kappa shape index (κ3) is 2.86. The van der Waals surface area contributed by atoms with Crippen LogP contribution in [0.1, 0.15) is 20.8 Å². The molecule has 0 aliphatic carbocycles. The van der Waals surface area contributed by atoms with Crippen molar-refractivity contribution >= 4 is 34.9 Å². The first kappa shape index (κ1) is 12.6. The Bertz CT molecular complexity index is 618. The summed E-state index contributed by atoms with van der Waals surface area (Å²) in [5, 5.41) is 12.1. The number of thiazole rings is 1. The van der Waals surface area contributed by atoms with Crippen LogP contribution >= 0.6 is 22.9 Å². The molecule has 0 saturated heterocycles. The molecule has 0 atom stereocenters. The molecule has 1 aromatic carbocycles. The Hall–Kier alpha value is -1.90. The number of nitriles is 1. The van der Waals surface area contributed by atoms with Crippen LogP contribution in [-0.2, 0) is 6.54 Å². The van der Waals surface area contributed by atoms with E-state index in [1.807, 2.05) is 0 Å². The molecule has 0 unspecified atom stereocenters. The second kappa shape index (κ2) is 5.63. The first-order valence-electron chi connectivity index (χ1n) is 5.06. The van der Waals surface area contributed by atoms with E-state index < -0.39 is 0 Å². The van der Waals surface area contributed by atoms with Gasteiger partial charge in [-0.05, 0) is 18.2 Å². The number of benzene rings is 1. The Morgan fingerprint density at radius 3 is 3.00 bits per heavy atom. The van der Waals surface area contributed by atoms with E-state index in [1.165, 1.54) is 11.3 Å². The topological polar surface area (TPSA) is 65.8 Å². The van der Waals surface area contributed by atoms with Crippen LogP contribution in [0.25, 0.3) is 0 Å². The van der Waals surface area contributed by atoms with Crippen LogP contribution in [0.2, 0.25) is 4.47 Å². The molecular weight excluding hydrogens is 270 g/mol. The molecule has 6 heteroatoms. The Morgan fingerprint density at radius 1 is 1.56 bits per heavy atom. The van der Waals surface area contributed by atoms with Gasteiger partial charge in [-0.2, -0.15) is 5.26 Å². The minimum absolute atomic E-state index is 0.440. The van der Waals surface area contributed by atoms with E-state index in [-0.39, 0.29) is 0 Å². The van der Waals surface area contributed by atoms with E-state index in [2.05, 4.69) is 16.4 Å². The van der Waals surface area contributed by atoms with Crippen LogP contribution in [0.15, 0.2) is 24.4 Å². The van der Waals surface area contributed by atoms with Crippen molar-refractivity contribution in [2.24, 2.45) is 0 Å². The summed E-state index contributed by atoms with van der Waals surface area (Å²) < 4.78 is 0.489. The molecule has 0 aliphatic heterocycles. The van der Waals surface area contributed by atoms with E-state index in [0.29, 0.717) is 34.1 Å². The highest BCUT2D eigenvalue weighted by molar-refractivity contribution is 7.15. The third-order valence-corrected chi connectivity index (χ3v) is 3.39. The minimum atomic E-state index is 0.440. The largest absolute Gasteiger partial charge is 0.379 e. The predicted molar refractivity (Wildman–Crippen MR) is 71.0 cm³/mol. The summed E-state index contributed by atoms with van der Waals surface area (Å²) in [4.78, 5) is 15.5. The van der Waals surface area contributed by atoms with Crippen molar-refractivity contribution in [3.8, 4) is 6.07 Å². The molecule has 2 aromatic rings. The van der Waals surface area contributed by atoms with E-state index in [4.69, 9.17) is 16.9 Å². The zero-order chi connectivity index (χ0) is 13.0. The number of rotatable bonds is 4. The van der Waals surface area contributed by atoms with Crippen molar-refractivity contribution in [2.45, 2.75) is 6.54 Å². The molecule has 0 amide bonds. The Kier molecular flexibility index (Phi) is 3.92. The fourth-order valence-electron chi connectivity index (χ4n) is 1.43. The molecule has 0 radical (unpaired) electrons. The van der Waals surface area contributed by atoms with Gasteiger partial charge in [0.1, 0.15) is 12.4 Å². The van der Waals surface area contributed by atoms with Gasteiger partial charge in [-0.15, -0.1) is 11.3 Å². The first-order chi connectivity index (χ1) is 8.72. The maximum atomic E-state index is 10.6. The van der Waals surface area contributed by atoms with Crippen molar-refractivity contribution in [1.29, 1.82) is 5.26 Å². The highest BCUT2D eigenvalue weighted by Gasteiger charge is 2.04. The quantitative estimate of drug-likeness (QED) is 0.872. The van der Waals surface area contributed by atoms with Crippen molar-refractivity contribution in [3.05, 3.63) is 44.9 Å². The van der Waals surface area contributed by atoms with Gasteiger partial charge in [0.15, 0.2) is 4.47 Å². The molecule has 1 aromatic heterocycles. The van der Waals surface area contributed by atoms with Crippen LogP contribution in [-0.4, -0.2) is 11.3 Å². The van der Waals surface area contributed by atoms with Gasteiger partial charge in [-0.3, -0.25) is 4.79 Å². The molecule has 90 valence electrons. The molecule has 1 N–H and O–H groups in total. The fourth-order valence-corrected chi connectivity index (χ4v) is 2.35. The lowest BCUT2D eigenvalue weighted by Gasteiger charge is -2.06. The van der Waals surface area contributed by atoms with Gasteiger partial charge < -0.3 is 5.32 Å². The summed E-state index contributed by atoms with van der Waals surface area (Å²) in [5.74, 6) is 0. The predicted octanol–water partition coefficient (Wildman–Crippen LogP) is 3.09. The van der Waals surface area contributed by atoms with E-state index >= 15 is 0 Å². The number of nitrogens with one attached hydrogen (secondary N) is 1. The molecule has 18 heavy (non-hydrogen) atoms. The average molecular weight is 278 g/mol. The number of halogens is 1. The zero-order valence-corrected chi connectivity index (χ0v) is 10.8. The normalized spacial score (nSPS) is 9.78. The van der Waals surface area contributed by atoms with E-state index in [1.54, 1.807) is 24.4 Å². The van der Waals surface area contributed by atoms with Gasteiger partial charge in [-0.25, -0.2) is 4.98 Å². The SMILES string of the molecule is N#Cc1cc(C=O)ccc1NCc1cnc(Cl)s1. The van der Waals surface area contributed by atoms with Gasteiger partial charge in [-0.1, -0.05) is 11.6 Å². The summed E-state index contributed by atoms with van der Waals surface area (Å²) in [6.45, 7) is 0.541. The van der Waals surface area contributed by atoms with Gasteiger partial charge >= 0.3 is 0 Å². The summed E-state index contributed by atoms with van der Waals surface area (Å²) in [7, 11) is 0. The van der Waals surface area contributed by atoms with Crippen LogP contribution < -0.4 is 5.32 Å². The van der Waals surface area contributed by atoms with Crippen LogP contribution in [0.3, 0.4) is 0 Å². The molecular formula is C12H8ClN3OS. The zero-order valence-electron chi connectivity index (χ0n) is 9.18. The number of aromatic nitrogens is 1. The highest BCUT2D eigenvalue weighted by atomic mass is 35.5. The number of nitrogens with zero attached hydrogens (tertiary/aromatic N) is 2. The van der Waals surface area contributed by atoms with Crippen LogP contribution in [0, 0.1) is 11.3 Å². The Morgan fingerprint density at radius 2 is 2.39 bits per heavy atom. The summed E-state index contributed by atoms with van der Waals surface area (Å²) >= 11 is 7.11.